The van der Waals surface area contributed by atoms with Gasteiger partial charge in [-0.3, -0.25) is 14.5 Å². The van der Waals surface area contributed by atoms with Gasteiger partial charge in [-0.05, 0) is 49.2 Å². The van der Waals surface area contributed by atoms with Crippen molar-refractivity contribution in [1.29, 1.82) is 0 Å². The van der Waals surface area contributed by atoms with E-state index >= 15 is 0 Å². The number of rotatable bonds is 4. The SMILES string of the molecule is Cc1ccc(N=C2S[C@H](CC(=O)Nc3ccccc3F)C(=O)N2C)cc1C. The third kappa shape index (κ3) is 4.36. The molecule has 1 atom stereocenters. The van der Waals surface area contributed by atoms with Crippen LogP contribution in [0.4, 0.5) is 15.8 Å². The van der Waals surface area contributed by atoms with E-state index < -0.39 is 17.0 Å². The molecule has 1 N–H and O–H groups in total. The van der Waals surface area contributed by atoms with E-state index in [9.17, 15) is 14.0 Å². The molecule has 0 saturated carbocycles. The lowest BCUT2D eigenvalue weighted by atomic mass is 10.1. The van der Waals surface area contributed by atoms with Gasteiger partial charge in [-0.2, -0.15) is 0 Å². The third-order valence-corrected chi connectivity index (χ3v) is 5.60. The maximum absolute atomic E-state index is 13.7. The fourth-order valence-electron chi connectivity index (χ4n) is 2.64. The summed E-state index contributed by atoms with van der Waals surface area (Å²) in [7, 11) is 1.64. The molecule has 0 bridgehead atoms. The zero-order valence-electron chi connectivity index (χ0n) is 15.3. The molecule has 2 amide bonds. The number of anilines is 1. The van der Waals surface area contributed by atoms with E-state index in [1.54, 1.807) is 19.2 Å². The Hall–Kier alpha value is -2.67. The van der Waals surface area contributed by atoms with Crippen molar-refractivity contribution in [3.05, 3.63) is 59.4 Å². The lowest BCUT2D eigenvalue weighted by Crippen LogP contribution is -2.30. The predicted octanol–water partition coefficient (Wildman–Crippen LogP) is 4.03. The van der Waals surface area contributed by atoms with Crippen LogP contribution in [0.25, 0.3) is 0 Å². The first-order valence-corrected chi connectivity index (χ1v) is 9.37. The van der Waals surface area contributed by atoms with Gasteiger partial charge in [0, 0.05) is 13.5 Å². The highest BCUT2D eigenvalue weighted by Crippen LogP contribution is 2.31. The molecule has 1 aliphatic rings. The van der Waals surface area contributed by atoms with E-state index in [-0.39, 0.29) is 18.0 Å². The van der Waals surface area contributed by atoms with E-state index in [0.29, 0.717) is 5.17 Å². The molecule has 3 rings (SSSR count). The molecule has 1 saturated heterocycles. The van der Waals surface area contributed by atoms with Crippen molar-refractivity contribution < 1.29 is 14.0 Å². The largest absolute Gasteiger partial charge is 0.324 e. The summed E-state index contributed by atoms with van der Waals surface area (Å²) in [6.07, 6.45) is -0.0475. The zero-order chi connectivity index (χ0) is 19.6. The Morgan fingerprint density at radius 3 is 2.67 bits per heavy atom. The molecule has 1 aliphatic heterocycles. The van der Waals surface area contributed by atoms with Crippen LogP contribution in [0.3, 0.4) is 0 Å². The molecule has 0 spiro atoms. The fraction of sp³-hybridized carbons (Fsp3) is 0.250. The Kier molecular flexibility index (Phi) is 5.60. The standard InChI is InChI=1S/C20H20FN3O2S/c1-12-8-9-14(10-13(12)2)22-20-24(3)19(26)17(27-20)11-18(25)23-16-7-5-4-6-15(16)21/h4-10,17H,11H2,1-3H3,(H,23,25)/t17-/m1/s1. The molecule has 0 radical (unpaired) electrons. The number of carbonyl (C=O) groups is 2. The maximum Gasteiger partial charge on any atom is 0.242 e. The van der Waals surface area contributed by atoms with E-state index in [4.69, 9.17) is 0 Å². The molecule has 2 aromatic rings. The highest BCUT2D eigenvalue weighted by Gasteiger charge is 2.37. The number of hydrogen-bond donors (Lipinski definition) is 1. The van der Waals surface area contributed by atoms with Crippen molar-refractivity contribution in [1.82, 2.24) is 4.90 Å². The quantitative estimate of drug-likeness (QED) is 0.864. The summed E-state index contributed by atoms with van der Waals surface area (Å²) in [4.78, 5) is 30.7. The van der Waals surface area contributed by atoms with Gasteiger partial charge in [-0.25, -0.2) is 9.38 Å². The van der Waals surface area contributed by atoms with Crippen molar-refractivity contribution in [3.8, 4) is 0 Å². The summed E-state index contributed by atoms with van der Waals surface area (Å²) in [5, 5.41) is 2.48. The molecule has 1 fully saturated rings. The number of hydrogen-bond acceptors (Lipinski definition) is 4. The lowest BCUT2D eigenvalue weighted by Gasteiger charge is -2.10. The number of aryl methyl sites for hydroxylation is 2. The van der Waals surface area contributed by atoms with Gasteiger partial charge in [0.2, 0.25) is 11.8 Å². The van der Waals surface area contributed by atoms with Crippen molar-refractivity contribution in [3.63, 3.8) is 0 Å². The second kappa shape index (κ2) is 7.92. The first-order valence-electron chi connectivity index (χ1n) is 8.49. The second-order valence-corrected chi connectivity index (χ2v) is 7.57. The van der Waals surface area contributed by atoms with Crippen molar-refractivity contribution >= 4 is 40.1 Å². The molecule has 0 unspecified atom stereocenters. The van der Waals surface area contributed by atoms with Crippen molar-refractivity contribution in [2.45, 2.75) is 25.5 Å². The number of nitrogens with one attached hydrogen (secondary N) is 1. The molecule has 5 nitrogen and oxygen atoms in total. The Balaban J connectivity index is 1.70. The number of aliphatic imine (C=N–C) groups is 1. The minimum absolute atomic E-state index is 0.0475. The van der Waals surface area contributed by atoms with Gasteiger partial charge in [0.25, 0.3) is 0 Å². The number of para-hydroxylation sites is 1. The maximum atomic E-state index is 13.7. The van der Waals surface area contributed by atoms with Gasteiger partial charge >= 0.3 is 0 Å². The summed E-state index contributed by atoms with van der Waals surface area (Å²) in [5.41, 5.74) is 3.16. The van der Waals surface area contributed by atoms with E-state index in [1.807, 2.05) is 32.0 Å². The van der Waals surface area contributed by atoms with Crippen molar-refractivity contribution in [2.24, 2.45) is 4.99 Å². The van der Waals surface area contributed by atoms with E-state index in [1.165, 1.54) is 34.4 Å². The smallest absolute Gasteiger partial charge is 0.242 e. The van der Waals surface area contributed by atoms with Gasteiger partial charge in [0.1, 0.15) is 11.1 Å². The summed E-state index contributed by atoms with van der Waals surface area (Å²) >= 11 is 1.25. The molecule has 0 aliphatic carbocycles. The number of carbonyl (C=O) groups excluding carboxylic acids is 2. The molecule has 140 valence electrons. The first kappa shape index (κ1) is 19.1. The van der Waals surface area contributed by atoms with Gasteiger partial charge in [-0.15, -0.1) is 0 Å². The highest BCUT2D eigenvalue weighted by atomic mass is 32.2. The summed E-state index contributed by atoms with van der Waals surface area (Å²) in [5.74, 6) is -1.11. The number of amidine groups is 1. The zero-order valence-corrected chi connectivity index (χ0v) is 16.1. The summed E-state index contributed by atoms with van der Waals surface area (Å²) < 4.78 is 13.7. The van der Waals surface area contributed by atoms with Gasteiger partial charge in [0.05, 0.1) is 11.4 Å². The Morgan fingerprint density at radius 2 is 1.96 bits per heavy atom. The molecular formula is C20H20FN3O2S. The van der Waals surface area contributed by atoms with Gasteiger partial charge in [0.15, 0.2) is 5.17 Å². The average Bonchev–Trinajstić information content (AvgIpc) is 2.88. The van der Waals surface area contributed by atoms with Crippen LogP contribution in [0.2, 0.25) is 0 Å². The molecule has 1 heterocycles. The molecular weight excluding hydrogens is 365 g/mol. The molecule has 0 aromatic heterocycles. The van der Waals surface area contributed by atoms with Crippen molar-refractivity contribution in [2.75, 3.05) is 12.4 Å². The van der Waals surface area contributed by atoms with Crippen LogP contribution in [-0.2, 0) is 9.59 Å². The number of thioether (sulfide) groups is 1. The number of nitrogens with zero attached hydrogens (tertiary/aromatic N) is 2. The van der Waals surface area contributed by atoms with E-state index in [0.717, 1.165) is 11.3 Å². The van der Waals surface area contributed by atoms with Crippen LogP contribution in [0.15, 0.2) is 47.5 Å². The van der Waals surface area contributed by atoms with Crippen LogP contribution in [0, 0.1) is 19.7 Å². The van der Waals surface area contributed by atoms with Gasteiger partial charge < -0.3 is 5.32 Å². The fourth-order valence-corrected chi connectivity index (χ4v) is 3.79. The van der Waals surface area contributed by atoms with E-state index in [2.05, 4.69) is 10.3 Å². The minimum Gasteiger partial charge on any atom is -0.324 e. The monoisotopic (exact) mass is 385 g/mol. The average molecular weight is 385 g/mol. The number of halogens is 1. The van der Waals surface area contributed by atoms with Crippen LogP contribution in [-0.4, -0.2) is 34.2 Å². The Bertz CT molecular complexity index is 929. The molecule has 7 heteroatoms. The minimum atomic E-state index is -0.577. The molecule has 27 heavy (non-hydrogen) atoms. The lowest BCUT2D eigenvalue weighted by molar-refractivity contribution is -0.127. The van der Waals surface area contributed by atoms with Crippen LogP contribution < -0.4 is 5.32 Å². The van der Waals surface area contributed by atoms with Crippen LogP contribution >= 0.6 is 11.8 Å². The second-order valence-electron chi connectivity index (χ2n) is 6.40. The van der Waals surface area contributed by atoms with Gasteiger partial charge in [-0.1, -0.05) is 30.0 Å². The molecule has 2 aromatic carbocycles. The summed E-state index contributed by atoms with van der Waals surface area (Å²) in [6, 6.07) is 11.8. The Labute approximate surface area is 161 Å². The third-order valence-electron chi connectivity index (χ3n) is 4.37. The Morgan fingerprint density at radius 1 is 1.22 bits per heavy atom. The highest BCUT2D eigenvalue weighted by molar-refractivity contribution is 8.15. The van der Waals surface area contributed by atoms with Crippen LogP contribution in [0.5, 0.6) is 0 Å². The summed E-state index contributed by atoms with van der Waals surface area (Å²) in [6.45, 7) is 4.03. The number of amides is 2. The van der Waals surface area contributed by atoms with Crippen LogP contribution in [0.1, 0.15) is 17.5 Å². The topological polar surface area (TPSA) is 61.8 Å². The predicted molar refractivity (Wildman–Crippen MR) is 107 cm³/mol. The first-order chi connectivity index (χ1) is 12.8. The number of benzene rings is 2. The normalized spacial score (nSPS) is 18.2.